The van der Waals surface area contributed by atoms with Gasteiger partial charge in [0.25, 0.3) is 5.91 Å². The zero-order valence-electron chi connectivity index (χ0n) is 12.0. The van der Waals surface area contributed by atoms with E-state index in [2.05, 4.69) is 37.2 Å². The summed E-state index contributed by atoms with van der Waals surface area (Å²) in [6.07, 6.45) is 0. The van der Waals surface area contributed by atoms with Gasteiger partial charge in [0.1, 0.15) is 5.75 Å². The summed E-state index contributed by atoms with van der Waals surface area (Å²) in [4.78, 5) is 12.5. The molecule has 0 aromatic heterocycles. The molecule has 2 rings (SSSR count). The van der Waals surface area contributed by atoms with Crippen LogP contribution in [0.2, 0.25) is 0 Å². The summed E-state index contributed by atoms with van der Waals surface area (Å²) in [6, 6.07) is 9.43. The van der Waals surface area contributed by atoms with E-state index in [0.29, 0.717) is 17.0 Å². The fourth-order valence-corrected chi connectivity index (χ4v) is 3.01. The number of carbonyl (C=O) groups excluding carboxylic acids is 1. The third-order valence-electron chi connectivity index (χ3n) is 3.09. The molecule has 3 nitrogen and oxygen atoms in total. The van der Waals surface area contributed by atoms with E-state index in [1.807, 2.05) is 44.2 Å². The molecule has 0 saturated heterocycles. The quantitative estimate of drug-likeness (QED) is 0.762. The van der Waals surface area contributed by atoms with Crippen molar-refractivity contribution in [3.63, 3.8) is 0 Å². The molecule has 110 valence electrons. The molecule has 0 atom stereocenters. The fourth-order valence-electron chi connectivity index (χ4n) is 2.03. The summed E-state index contributed by atoms with van der Waals surface area (Å²) >= 11 is 6.83. The van der Waals surface area contributed by atoms with Crippen molar-refractivity contribution in [2.75, 3.05) is 12.4 Å². The van der Waals surface area contributed by atoms with E-state index < -0.39 is 0 Å². The number of nitrogens with one attached hydrogen (secondary N) is 1. The molecule has 5 heteroatoms. The lowest BCUT2D eigenvalue weighted by Gasteiger charge is -2.14. The third kappa shape index (κ3) is 3.66. The van der Waals surface area contributed by atoms with E-state index in [0.717, 1.165) is 20.1 Å². The van der Waals surface area contributed by atoms with Crippen molar-refractivity contribution in [3.8, 4) is 5.75 Å². The van der Waals surface area contributed by atoms with Gasteiger partial charge in [-0.15, -0.1) is 0 Å². The van der Waals surface area contributed by atoms with Gasteiger partial charge in [-0.05, 0) is 59.6 Å². The Morgan fingerprint density at radius 1 is 1.14 bits per heavy atom. The van der Waals surface area contributed by atoms with Gasteiger partial charge in [0.15, 0.2) is 0 Å². The van der Waals surface area contributed by atoms with Crippen molar-refractivity contribution in [1.29, 1.82) is 0 Å². The number of rotatable bonds is 3. The van der Waals surface area contributed by atoms with Crippen LogP contribution in [0, 0.1) is 13.8 Å². The number of hydrogen-bond acceptors (Lipinski definition) is 2. The fraction of sp³-hybridized carbons (Fsp3) is 0.188. The van der Waals surface area contributed by atoms with E-state index in [9.17, 15) is 4.79 Å². The van der Waals surface area contributed by atoms with Crippen LogP contribution in [-0.2, 0) is 0 Å². The Balaban J connectivity index is 2.38. The zero-order chi connectivity index (χ0) is 15.6. The van der Waals surface area contributed by atoms with E-state index in [-0.39, 0.29) is 5.91 Å². The van der Waals surface area contributed by atoms with Crippen molar-refractivity contribution in [1.82, 2.24) is 0 Å². The molecule has 0 radical (unpaired) electrons. The lowest BCUT2D eigenvalue weighted by Crippen LogP contribution is -2.14. The first-order valence-electron chi connectivity index (χ1n) is 6.34. The molecular formula is C16H15Br2NO2. The molecule has 0 saturated carbocycles. The Kier molecular flexibility index (Phi) is 5.06. The van der Waals surface area contributed by atoms with Crippen LogP contribution in [-0.4, -0.2) is 13.0 Å². The maximum Gasteiger partial charge on any atom is 0.256 e. The van der Waals surface area contributed by atoms with Gasteiger partial charge in [0, 0.05) is 8.95 Å². The van der Waals surface area contributed by atoms with Crippen molar-refractivity contribution >= 4 is 43.5 Å². The van der Waals surface area contributed by atoms with Gasteiger partial charge in [-0.2, -0.15) is 0 Å². The third-order valence-corrected chi connectivity index (χ3v) is 4.24. The molecule has 1 N–H and O–H groups in total. The minimum absolute atomic E-state index is 0.172. The number of methoxy groups -OCH3 is 1. The summed E-state index contributed by atoms with van der Waals surface area (Å²) in [7, 11) is 1.58. The monoisotopic (exact) mass is 411 g/mol. The largest absolute Gasteiger partial charge is 0.495 e. The molecule has 0 aliphatic carbocycles. The maximum absolute atomic E-state index is 12.5. The van der Waals surface area contributed by atoms with E-state index in [1.165, 1.54) is 0 Å². The van der Waals surface area contributed by atoms with Crippen LogP contribution in [0.4, 0.5) is 5.69 Å². The highest BCUT2D eigenvalue weighted by Gasteiger charge is 2.15. The van der Waals surface area contributed by atoms with Gasteiger partial charge < -0.3 is 10.1 Å². The minimum atomic E-state index is -0.172. The normalized spacial score (nSPS) is 10.3. The van der Waals surface area contributed by atoms with Crippen LogP contribution < -0.4 is 10.1 Å². The minimum Gasteiger partial charge on any atom is -0.495 e. The smallest absolute Gasteiger partial charge is 0.256 e. The number of benzene rings is 2. The highest BCUT2D eigenvalue weighted by molar-refractivity contribution is 9.10. The van der Waals surface area contributed by atoms with Gasteiger partial charge >= 0.3 is 0 Å². The molecule has 0 bridgehead atoms. The van der Waals surface area contributed by atoms with E-state index in [1.54, 1.807) is 7.11 Å². The lowest BCUT2D eigenvalue weighted by molar-refractivity contribution is 0.102. The first-order chi connectivity index (χ1) is 9.92. The summed E-state index contributed by atoms with van der Waals surface area (Å²) < 4.78 is 7.01. The molecule has 2 aromatic rings. The molecule has 0 heterocycles. The summed E-state index contributed by atoms with van der Waals surface area (Å²) in [5, 5.41) is 2.93. The van der Waals surface area contributed by atoms with Gasteiger partial charge in [-0.1, -0.05) is 27.6 Å². The number of carbonyl (C=O) groups is 1. The molecule has 2 aromatic carbocycles. The number of amides is 1. The predicted octanol–water partition coefficient (Wildman–Crippen LogP) is 5.09. The van der Waals surface area contributed by atoms with Crippen LogP contribution in [0.3, 0.4) is 0 Å². The number of anilines is 1. The number of aryl methyl sites for hydroxylation is 2. The zero-order valence-corrected chi connectivity index (χ0v) is 15.1. The molecule has 0 fully saturated rings. The first-order valence-corrected chi connectivity index (χ1v) is 7.92. The summed E-state index contributed by atoms with van der Waals surface area (Å²) in [5.74, 6) is 0.452. The van der Waals surface area contributed by atoms with Gasteiger partial charge in [0.2, 0.25) is 0 Å². The Labute approximate surface area is 141 Å². The van der Waals surface area contributed by atoms with Crippen LogP contribution in [0.5, 0.6) is 5.75 Å². The molecule has 1 amide bonds. The second-order valence-electron chi connectivity index (χ2n) is 4.74. The van der Waals surface area contributed by atoms with Crippen molar-refractivity contribution < 1.29 is 9.53 Å². The van der Waals surface area contributed by atoms with E-state index in [4.69, 9.17) is 4.74 Å². The van der Waals surface area contributed by atoms with Gasteiger partial charge in [-0.25, -0.2) is 0 Å². The molecule has 0 unspecified atom stereocenters. The molecule has 0 aliphatic rings. The van der Waals surface area contributed by atoms with Crippen LogP contribution in [0.1, 0.15) is 21.5 Å². The standard InChI is InChI=1S/C16H15Br2NO2/c1-9-4-5-13(18)12(6-9)16(20)19-15-10(2)7-11(17)8-14(15)21-3/h4-8H,1-3H3,(H,19,20). The summed E-state index contributed by atoms with van der Waals surface area (Å²) in [6.45, 7) is 3.88. The van der Waals surface area contributed by atoms with Gasteiger partial charge in [0.05, 0.1) is 18.4 Å². The Morgan fingerprint density at radius 3 is 2.52 bits per heavy atom. The summed E-state index contributed by atoms with van der Waals surface area (Å²) in [5.41, 5.74) is 3.24. The van der Waals surface area contributed by atoms with Crippen molar-refractivity contribution in [2.24, 2.45) is 0 Å². The molecule has 0 spiro atoms. The number of halogens is 2. The van der Waals surface area contributed by atoms with Crippen LogP contribution >= 0.6 is 31.9 Å². The van der Waals surface area contributed by atoms with Crippen LogP contribution in [0.25, 0.3) is 0 Å². The molecular weight excluding hydrogens is 398 g/mol. The Bertz CT molecular complexity index is 699. The van der Waals surface area contributed by atoms with E-state index >= 15 is 0 Å². The Morgan fingerprint density at radius 2 is 1.86 bits per heavy atom. The van der Waals surface area contributed by atoms with Gasteiger partial charge in [-0.3, -0.25) is 4.79 Å². The highest BCUT2D eigenvalue weighted by Crippen LogP contribution is 2.33. The van der Waals surface area contributed by atoms with Crippen molar-refractivity contribution in [3.05, 3.63) is 56.0 Å². The van der Waals surface area contributed by atoms with Crippen LogP contribution in [0.15, 0.2) is 39.3 Å². The average molecular weight is 413 g/mol. The highest BCUT2D eigenvalue weighted by atomic mass is 79.9. The number of hydrogen-bond donors (Lipinski definition) is 1. The number of ether oxygens (including phenoxy) is 1. The molecule has 21 heavy (non-hydrogen) atoms. The molecule has 0 aliphatic heterocycles. The Hall–Kier alpha value is -1.33. The second-order valence-corrected chi connectivity index (χ2v) is 6.51. The average Bonchev–Trinajstić information content (AvgIpc) is 2.43. The van der Waals surface area contributed by atoms with Crippen molar-refractivity contribution in [2.45, 2.75) is 13.8 Å². The first kappa shape index (κ1) is 16.0. The SMILES string of the molecule is COc1cc(Br)cc(C)c1NC(=O)c1cc(C)ccc1Br. The lowest BCUT2D eigenvalue weighted by atomic mass is 10.1. The maximum atomic E-state index is 12.5. The predicted molar refractivity (Wildman–Crippen MR) is 92.3 cm³/mol. The second kappa shape index (κ2) is 6.62. The topological polar surface area (TPSA) is 38.3 Å².